The van der Waals surface area contributed by atoms with Gasteiger partial charge < -0.3 is 0 Å². The van der Waals surface area contributed by atoms with Crippen molar-refractivity contribution in [2.45, 2.75) is 13.8 Å². The van der Waals surface area contributed by atoms with E-state index < -0.39 is 0 Å². The maximum atomic E-state index is 8.89. The fourth-order valence-corrected chi connectivity index (χ4v) is 2.50. The lowest BCUT2D eigenvalue weighted by molar-refractivity contribution is 1.09. The molecule has 2 aromatic carbocycles. The number of imidazole rings is 1. The van der Waals surface area contributed by atoms with Gasteiger partial charge in [0, 0.05) is 17.4 Å². The number of fused-ring (bicyclic) bond motifs is 1. The molecule has 24 heavy (non-hydrogen) atoms. The largest absolute Gasteiger partial charge is 0.299 e. The van der Waals surface area contributed by atoms with Crippen molar-refractivity contribution in [1.29, 1.82) is 5.26 Å². The minimum absolute atomic E-state index is 0.646. The molecule has 0 radical (unpaired) electrons. The molecule has 4 rings (SSSR count). The monoisotopic (exact) mass is 315 g/mol. The maximum Gasteiger partial charge on any atom is 0.100 e. The summed E-state index contributed by atoms with van der Waals surface area (Å²) < 4.78 is 2.01. The van der Waals surface area contributed by atoms with Crippen LogP contribution in [0.15, 0.2) is 61.2 Å². The standard InChI is InChI=1S/C17H11N5.C2H6/c18-8-12-1-4-15(5-2-12)22-11-19-16-6-3-13(7-17(16)22)14-9-20-21-10-14;1-2/h1-7,9-11H,(H,20,21);1-2H3. The number of hydrogen-bond donors (Lipinski definition) is 1. The van der Waals surface area contributed by atoms with Crippen molar-refractivity contribution in [3.8, 4) is 22.9 Å². The molecule has 5 nitrogen and oxygen atoms in total. The third-order valence-electron chi connectivity index (χ3n) is 3.65. The van der Waals surface area contributed by atoms with Crippen molar-refractivity contribution >= 4 is 11.0 Å². The molecule has 0 atom stereocenters. The Morgan fingerprint density at radius 2 is 1.83 bits per heavy atom. The highest BCUT2D eigenvalue weighted by atomic mass is 15.1. The molecule has 0 aliphatic heterocycles. The van der Waals surface area contributed by atoms with Crippen molar-refractivity contribution in [1.82, 2.24) is 19.7 Å². The number of benzene rings is 2. The van der Waals surface area contributed by atoms with Gasteiger partial charge in [0.05, 0.1) is 28.9 Å². The summed E-state index contributed by atoms with van der Waals surface area (Å²) >= 11 is 0. The fraction of sp³-hybridized carbons (Fsp3) is 0.105. The second-order valence-corrected chi connectivity index (χ2v) is 4.96. The van der Waals surface area contributed by atoms with Gasteiger partial charge in [0.2, 0.25) is 0 Å². The zero-order valence-electron chi connectivity index (χ0n) is 13.6. The minimum Gasteiger partial charge on any atom is -0.299 e. The van der Waals surface area contributed by atoms with Gasteiger partial charge >= 0.3 is 0 Å². The SMILES string of the molecule is CC.N#Cc1ccc(-n2cnc3ccc(-c4cn[nH]c4)cc32)cc1. The van der Waals surface area contributed by atoms with Gasteiger partial charge in [0.15, 0.2) is 0 Å². The van der Waals surface area contributed by atoms with Gasteiger partial charge in [-0.25, -0.2) is 4.98 Å². The summed E-state index contributed by atoms with van der Waals surface area (Å²) in [5.41, 5.74) is 5.68. The van der Waals surface area contributed by atoms with Crippen LogP contribution in [0.2, 0.25) is 0 Å². The zero-order valence-corrected chi connectivity index (χ0v) is 13.6. The molecule has 0 unspecified atom stereocenters. The topological polar surface area (TPSA) is 70.3 Å². The Labute approximate surface area is 140 Å². The number of nitriles is 1. The van der Waals surface area contributed by atoms with Crippen LogP contribution in [0.4, 0.5) is 0 Å². The maximum absolute atomic E-state index is 8.89. The van der Waals surface area contributed by atoms with Crippen LogP contribution in [0, 0.1) is 11.3 Å². The zero-order chi connectivity index (χ0) is 16.9. The molecule has 0 spiro atoms. The lowest BCUT2D eigenvalue weighted by atomic mass is 10.1. The molecular formula is C19H17N5. The Morgan fingerprint density at radius 3 is 2.50 bits per heavy atom. The third kappa shape index (κ3) is 2.77. The van der Waals surface area contributed by atoms with Crippen LogP contribution in [0.25, 0.3) is 27.8 Å². The minimum atomic E-state index is 0.646. The van der Waals surface area contributed by atoms with E-state index in [2.05, 4.69) is 27.3 Å². The Bertz CT molecular complexity index is 973. The molecule has 0 saturated carbocycles. The molecule has 0 aliphatic rings. The van der Waals surface area contributed by atoms with E-state index in [1.54, 1.807) is 24.7 Å². The molecular weight excluding hydrogens is 298 g/mol. The van der Waals surface area contributed by atoms with Gasteiger partial charge in [0.1, 0.15) is 6.33 Å². The highest BCUT2D eigenvalue weighted by molar-refractivity contribution is 5.83. The molecule has 0 fully saturated rings. The molecule has 0 bridgehead atoms. The highest BCUT2D eigenvalue weighted by Crippen LogP contribution is 2.25. The summed E-state index contributed by atoms with van der Waals surface area (Å²) in [6, 6.07) is 15.7. The van der Waals surface area contributed by atoms with E-state index in [9.17, 15) is 0 Å². The van der Waals surface area contributed by atoms with Crippen LogP contribution in [0.1, 0.15) is 19.4 Å². The van der Waals surface area contributed by atoms with Crippen LogP contribution in [-0.4, -0.2) is 19.7 Å². The van der Waals surface area contributed by atoms with E-state index in [-0.39, 0.29) is 0 Å². The number of nitrogens with one attached hydrogen (secondary N) is 1. The van der Waals surface area contributed by atoms with E-state index in [1.165, 1.54) is 0 Å². The van der Waals surface area contributed by atoms with Crippen LogP contribution in [0.3, 0.4) is 0 Å². The quantitative estimate of drug-likeness (QED) is 0.599. The normalized spacial score (nSPS) is 10.0. The van der Waals surface area contributed by atoms with Crippen molar-refractivity contribution < 1.29 is 0 Å². The number of H-pyrrole nitrogens is 1. The van der Waals surface area contributed by atoms with Crippen LogP contribution in [0.5, 0.6) is 0 Å². The van der Waals surface area contributed by atoms with Gasteiger partial charge in [-0.15, -0.1) is 0 Å². The molecule has 4 aromatic rings. The molecule has 2 heterocycles. The van der Waals surface area contributed by atoms with E-state index in [4.69, 9.17) is 5.26 Å². The van der Waals surface area contributed by atoms with Gasteiger partial charge in [0.25, 0.3) is 0 Å². The van der Waals surface area contributed by atoms with Crippen molar-refractivity contribution in [3.63, 3.8) is 0 Å². The Morgan fingerprint density at radius 1 is 1.04 bits per heavy atom. The Hall–Kier alpha value is -3.39. The van der Waals surface area contributed by atoms with Crippen molar-refractivity contribution in [2.75, 3.05) is 0 Å². The summed E-state index contributed by atoms with van der Waals surface area (Å²) in [5.74, 6) is 0. The first-order valence-corrected chi connectivity index (χ1v) is 7.82. The molecule has 0 aliphatic carbocycles. The number of rotatable bonds is 2. The first kappa shape index (κ1) is 15.5. The summed E-state index contributed by atoms with van der Waals surface area (Å²) in [6.07, 6.45) is 5.46. The van der Waals surface area contributed by atoms with Crippen LogP contribution in [-0.2, 0) is 0 Å². The van der Waals surface area contributed by atoms with E-state index in [1.807, 2.05) is 48.9 Å². The first-order chi connectivity index (χ1) is 11.8. The highest BCUT2D eigenvalue weighted by Gasteiger charge is 2.07. The van der Waals surface area contributed by atoms with Crippen molar-refractivity contribution in [2.24, 2.45) is 0 Å². The van der Waals surface area contributed by atoms with Crippen molar-refractivity contribution in [3.05, 3.63) is 66.7 Å². The summed E-state index contributed by atoms with van der Waals surface area (Å²) in [4.78, 5) is 4.43. The van der Waals surface area contributed by atoms with Crippen LogP contribution >= 0.6 is 0 Å². The summed E-state index contributed by atoms with van der Waals surface area (Å²) in [5, 5.41) is 15.7. The number of hydrogen-bond acceptors (Lipinski definition) is 3. The Balaban J connectivity index is 0.000000815. The van der Waals surface area contributed by atoms with E-state index >= 15 is 0 Å². The molecule has 5 heteroatoms. The number of aromatic nitrogens is 4. The Kier molecular flexibility index (Phi) is 4.39. The predicted octanol–water partition coefficient (Wildman–Crippen LogP) is 4.31. The lowest BCUT2D eigenvalue weighted by Crippen LogP contribution is -1.92. The smallest absolute Gasteiger partial charge is 0.100 e. The number of nitrogens with zero attached hydrogens (tertiary/aromatic N) is 4. The summed E-state index contributed by atoms with van der Waals surface area (Å²) in [7, 11) is 0. The van der Waals surface area contributed by atoms with Gasteiger partial charge in [-0.3, -0.25) is 9.67 Å². The average Bonchev–Trinajstić information content (AvgIpc) is 3.33. The van der Waals surface area contributed by atoms with Crippen LogP contribution < -0.4 is 0 Å². The lowest BCUT2D eigenvalue weighted by Gasteiger charge is -2.05. The van der Waals surface area contributed by atoms with Gasteiger partial charge in [-0.1, -0.05) is 19.9 Å². The third-order valence-corrected chi connectivity index (χ3v) is 3.65. The first-order valence-electron chi connectivity index (χ1n) is 7.82. The van der Waals surface area contributed by atoms with E-state index in [0.29, 0.717) is 5.56 Å². The molecule has 118 valence electrons. The fourth-order valence-electron chi connectivity index (χ4n) is 2.50. The van der Waals surface area contributed by atoms with E-state index in [0.717, 1.165) is 27.8 Å². The molecule has 2 aromatic heterocycles. The van der Waals surface area contributed by atoms with Gasteiger partial charge in [-0.2, -0.15) is 10.4 Å². The molecule has 0 amide bonds. The summed E-state index contributed by atoms with van der Waals surface area (Å²) in [6.45, 7) is 4.00. The van der Waals surface area contributed by atoms with Gasteiger partial charge in [-0.05, 0) is 42.0 Å². The molecule has 0 saturated heterocycles. The second-order valence-electron chi connectivity index (χ2n) is 4.96. The predicted molar refractivity (Wildman–Crippen MR) is 94.7 cm³/mol. The average molecular weight is 315 g/mol. The number of aromatic amines is 1. The molecule has 1 N–H and O–H groups in total. The second kappa shape index (κ2) is 6.80.